The maximum atomic E-state index is 11.8. The van der Waals surface area contributed by atoms with E-state index < -0.39 is 0 Å². The van der Waals surface area contributed by atoms with Crippen LogP contribution < -0.4 is 5.32 Å². The lowest BCUT2D eigenvalue weighted by molar-refractivity contribution is 0.101. The van der Waals surface area contributed by atoms with E-state index >= 15 is 0 Å². The van der Waals surface area contributed by atoms with E-state index in [2.05, 4.69) is 45.4 Å². The van der Waals surface area contributed by atoms with Gasteiger partial charge in [0.15, 0.2) is 5.78 Å². The third kappa shape index (κ3) is 4.68. The Morgan fingerprint density at radius 3 is 2.63 bits per heavy atom. The quantitative estimate of drug-likeness (QED) is 0.275. The first-order valence-electron chi connectivity index (χ1n) is 11.5. The molecule has 0 bridgehead atoms. The number of ketones is 1. The molecular weight excluding hydrogens is 436 g/mol. The van der Waals surface area contributed by atoms with Crippen LogP contribution in [0.4, 0.5) is 5.82 Å². The number of rotatable bonds is 6. The molecule has 5 rings (SSSR count). The second-order valence-corrected chi connectivity index (χ2v) is 8.83. The number of pyridine rings is 1. The van der Waals surface area contributed by atoms with Gasteiger partial charge in [-0.1, -0.05) is 18.2 Å². The van der Waals surface area contributed by atoms with Gasteiger partial charge in [-0.15, -0.1) is 0 Å². The van der Waals surface area contributed by atoms with Crippen molar-refractivity contribution in [2.45, 2.75) is 33.7 Å². The molecule has 35 heavy (non-hydrogen) atoms. The minimum atomic E-state index is -0.000327. The molecule has 6 heteroatoms. The van der Waals surface area contributed by atoms with Crippen LogP contribution >= 0.6 is 0 Å². The van der Waals surface area contributed by atoms with Gasteiger partial charge in [-0.25, -0.2) is 9.97 Å². The number of carbonyl (C=O) groups excluding carboxylic acids is 1. The first-order valence-corrected chi connectivity index (χ1v) is 11.5. The van der Waals surface area contributed by atoms with Gasteiger partial charge in [0.25, 0.3) is 0 Å². The van der Waals surface area contributed by atoms with Crippen LogP contribution in [0.3, 0.4) is 0 Å². The maximum absolute atomic E-state index is 11.8. The second-order valence-electron chi connectivity index (χ2n) is 8.83. The van der Waals surface area contributed by atoms with Crippen molar-refractivity contribution in [2.24, 2.45) is 0 Å². The number of aromatic nitrogens is 3. The smallest absolute Gasteiger partial charge is 0.161 e. The summed E-state index contributed by atoms with van der Waals surface area (Å²) in [6, 6.07) is 18.2. The van der Waals surface area contributed by atoms with E-state index in [1.165, 1.54) is 0 Å². The van der Waals surface area contributed by atoms with Crippen molar-refractivity contribution < 1.29 is 9.21 Å². The van der Waals surface area contributed by atoms with E-state index in [4.69, 9.17) is 4.42 Å². The lowest BCUT2D eigenvalue weighted by Gasteiger charge is -2.17. The highest BCUT2D eigenvalue weighted by molar-refractivity contribution is 5.94. The molecule has 0 amide bonds. The van der Waals surface area contributed by atoms with Crippen LogP contribution in [0.5, 0.6) is 0 Å². The van der Waals surface area contributed by atoms with Gasteiger partial charge < -0.3 is 9.73 Å². The van der Waals surface area contributed by atoms with E-state index in [0.717, 1.165) is 50.3 Å². The summed E-state index contributed by atoms with van der Waals surface area (Å²) < 4.78 is 5.58. The molecule has 0 aliphatic heterocycles. The lowest BCUT2D eigenvalue weighted by atomic mass is 10.00. The van der Waals surface area contributed by atoms with Gasteiger partial charge in [0.1, 0.15) is 17.2 Å². The molecule has 0 spiro atoms. The number of fused-ring (bicyclic) bond motifs is 1. The van der Waals surface area contributed by atoms with Gasteiger partial charge in [0, 0.05) is 46.6 Å². The van der Waals surface area contributed by atoms with Gasteiger partial charge in [-0.3, -0.25) is 9.78 Å². The number of hydrogen-bond donors (Lipinski definition) is 1. The molecule has 0 fully saturated rings. The average molecular weight is 463 g/mol. The normalized spacial score (nSPS) is 12.0. The van der Waals surface area contributed by atoms with Crippen LogP contribution in [-0.2, 0) is 0 Å². The number of hydrogen-bond acceptors (Lipinski definition) is 6. The molecule has 0 saturated carbocycles. The summed E-state index contributed by atoms with van der Waals surface area (Å²) in [5.74, 6) is 1.46. The highest BCUT2D eigenvalue weighted by atomic mass is 16.3. The Morgan fingerprint density at radius 1 is 0.943 bits per heavy atom. The Hall–Kier alpha value is -4.32. The zero-order chi connectivity index (χ0) is 24.5. The summed E-state index contributed by atoms with van der Waals surface area (Å²) in [6.45, 7) is 7.59. The summed E-state index contributed by atoms with van der Waals surface area (Å²) in [4.78, 5) is 25.3. The van der Waals surface area contributed by atoms with Crippen molar-refractivity contribution in [1.82, 2.24) is 15.0 Å². The molecule has 5 aromatic rings. The van der Waals surface area contributed by atoms with E-state index in [1.807, 2.05) is 50.2 Å². The Balaban J connectivity index is 1.42. The standard InChI is InChI=1S/C29H26N4O2/c1-17-16-35-28-9-8-23(12-26(17)28)27-13-29(33-20(4)32-27)31-18(2)21-6-5-7-22(10-21)25-11-24(19(3)34)14-30-15-25/h5-16,18H,1-4H3,(H,31,32,33). The maximum Gasteiger partial charge on any atom is 0.161 e. The van der Waals surface area contributed by atoms with Crippen molar-refractivity contribution in [2.75, 3.05) is 5.32 Å². The third-order valence-electron chi connectivity index (χ3n) is 6.13. The number of furan rings is 1. The molecule has 1 atom stereocenters. The van der Waals surface area contributed by atoms with E-state index in [9.17, 15) is 4.79 Å². The summed E-state index contributed by atoms with van der Waals surface area (Å²) in [5, 5.41) is 4.61. The molecule has 2 aromatic carbocycles. The number of nitrogens with zero attached hydrogens (tertiary/aromatic N) is 3. The van der Waals surface area contributed by atoms with Gasteiger partial charge in [-0.2, -0.15) is 0 Å². The lowest BCUT2D eigenvalue weighted by Crippen LogP contribution is -2.09. The Morgan fingerprint density at radius 2 is 1.80 bits per heavy atom. The van der Waals surface area contributed by atoms with Crippen molar-refractivity contribution in [3.63, 3.8) is 0 Å². The summed E-state index contributed by atoms with van der Waals surface area (Å²) in [7, 11) is 0. The third-order valence-corrected chi connectivity index (χ3v) is 6.13. The number of aryl methyl sites for hydroxylation is 2. The molecule has 174 valence electrons. The van der Waals surface area contributed by atoms with Gasteiger partial charge in [0.2, 0.25) is 0 Å². The monoisotopic (exact) mass is 462 g/mol. The fourth-order valence-corrected chi connectivity index (χ4v) is 4.19. The van der Waals surface area contributed by atoms with Gasteiger partial charge in [-0.05, 0) is 74.7 Å². The minimum absolute atomic E-state index is 0.000327. The summed E-state index contributed by atoms with van der Waals surface area (Å²) in [6.07, 6.45) is 5.15. The molecule has 3 heterocycles. The van der Waals surface area contributed by atoms with Gasteiger partial charge in [0.05, 0.1) is 12.0 Å². The van der Waals surface area contributed by atoms with Crippen molar-refractivity contribution >= 4 is 22.6 Å². The average Bonchev–Trinajstić information content (AvgIpc) is 3.24. The van der Waals surface area contributed by atoms with Crippen LogP contribution in [0.15, 0.2) is 77.7 Å². The highest BCUT2D eigenvalue weighted by Gasteiger charge is 2.12. The molecule has 1 unspecified atom stereocenters. The summed E-state index contributed by atoms with van der Waals surface area (Å²) >= 11 is 0. The Kier molecular flexibility index (Phi) is 5.87. The number of nitrogens with one attached hydrogen (secondary N) is 1. The van der Waals surface area contributed by atoms with E-state index in [0.29, 0.717) is 11.4 Å². The molecular formula is C29H26N4O2. The minimum Gasteiger partial charge on any atom is -0.464 e. The van der Waals surface area contributed by atoms with E-state index in [1.54, 1.807) is 25.6 Å². The number of benzene rings is 2. The SMILES string of the molecule is CC(=O)c1cncc(-c2cccc(C(C)Nc3cc(-c4ccc5occ(C)c5c4)nc(C)n3)c2)c1. The summed E-state index contributed by atoms with van der Waals surface area (Å²) in [5.41, 5.74) is 7.47. The molecule has 0 aliphatic rings. The Bertz CT molecular complexity index is 1550. The Labute approximate surface area is 204 Å². The molecule has 0 saturated heterocycles. The molecule has 1 N–H and O–H groups in total. The number of carbonyl (C=O) groups is 1. The van der Waals surface area contributed by atoms with Crippen LogP contribution in [0.25, 0.3) is 33.4 Å². The zero-order valence-corrected chi connectivity index (χ0v) is 20.2. The molecule has 6 nitrogen and oxygen atoms in total. The van der Waals surface area contributed by atoms with Crippen LogP contribution in [-0.4, -0.2) is 20.7 Å². The van der Waals surface area contributed by atoms with Crippen LogP contribution in [0.2, 0.25) is 0 Å². The topological polar surface area (TPSA) is 80.9 Å². The van der Waals surface area contributed by atoms with E-state index in [-0.39, 0.29) is 11.8 Å². The fraction of sp³-hybridized carbons (Fsp3) is 0.172. The zero-order valence-electron chi connectivity index (χ0n) is 20.2. The number of anilines is 1. The highest BCUT2D eigenvalue weighted by Crippen LogP contribution is 2.29. The number of Topliss-reactive ketones (excluding diaryl/α,β-unsaturated/α-hetero) is 1. The predicted molar refractivity (Wildman–Crippen MR) is 138 cm³/mol. The molecule has 0 aliphatic carbocycles. The predicted octanol–water partition coefficient (Wildman–Crippen LogP) is 6.94. The molecule has 0 radical (unpaired) electrons. The first-order chi connectivity index (χ1) is 16.9. The molecule has 3 aromatic heterocycles. The largest absolute Gasteiger partial charge is 0.464 e. The first kappa shape index (κ1) is 22.5. The van der Waals surface area contributed by atoms with Crippen LogP contribution in [0.1, 0.15) is 47.2 Å². The fourth-order valence-electron chi connectivity index (χ4n) is 4.19. The second kappa shape index (κ2) is 9.14. The van der Waals surface area contributed by atoms with Crippen molar-refractivity contribution in [1.29, 1.82) is 0 Å². The van der Waals surface area contributed by atoms with Crippen molar-refractivity contribution in [3.8, 4) is 22.4 Å². The van der Waals surface area contributed by atoms with Crippen molar-refractivity contribution in [3.05, 3.63) is 95.8 Å². The van der Waals surface area contributed by atoms with Gasteiger partial charge >= 0.3 is 0 Å². The van der Waals surface area contributed by atoms with Crippen LogP contribution in [0, 0.1) is 13.8 Å².